The molecule has 0 aromatic carbocycles. The smallest absolute Gasteiger partial charge is 0.348 e. The van der Waals surface area contributed by atoms with Crippen LogP contribution in [0.5, 0.6) is 0 Å². The van der Waals surface area contributed by atoms with Crippen molar-refractivity contribution < 1.29 is 19.4 Å². The Labute approximate surface area is 75.9 Å². The van der Waals surface area contributed by atoms with Crippen molar-refractivity contribution in [2.75, 3.05) is 6.54 Å². The van der Waals surface area contributed by atoms with Crippen LogP contribution in [0.25, 0.3) is 0 Å². The molecule has 0 amide bonds. The number of nitrogens with two attached hydrogens (primary N) is 1. The minimum absolute atomic E-state index is 0.0551. The fraction of sp³-hybridized carbons (Fsp3) is 0.750. The van der Waals surface area contributed by atoms with E-state index in [-0.39, 0.29) is 12.5 Å². The van der Waals surface area contributed by atoms with Crippen molar-refractivity contribution in [3.8, 4) is 0 Å². The number of aliphatic carboxylic acids is 1. The summed E-state index contributed by atoms with van der Waals surface area (Å²) in [5.41, 5.74) is 3.75. The summed E-state index contributed by atoms with van der Waals surface area (Å²) in [5, 5.41) is 8.83. The summed E-state index contributed by atoms with van der Waals surface area (Å²) >= 11 is 0. The molecular weight excluding hydrogens is 174 g/mol. The van der Waals surface area contributed by atoms with E-state index in [9.17, 15) is 9.59 Å². The SMILES string of the molecule is CC[C@H]1C[C@@]1(OC(=O)CN)C(=O)O. The lowest BCUT2D eigenvalue weighted by Gasteiger charge is -2.12. The Morgan fingerprint density at radius 1 is 1.69 bits per heavy atom. The molecule has 0 aromatic heterocycles. The molecular formula is C8H13NO4. The topological polar surface area (TPSA) is 89.6 Å². The van der Waals surface area contributed by atoms with Gasteiger partial charge < -0.3 is 15.6 Å². The van der Waals surface area contributed by atoms with E-state index in [0.717, 1.165) is 0 Å². The molecule has 5 heteroatoms. The predicted molar refractivity (Wildman–Crippen MR) is 43.9 cm³/mol. The molecule has 0 aromatic rings. The van der Waals surface area contributed by atoms with Crippen LogP contribution < -0.4 is 5.73 Å². The average molecular weight is 187 g/mol. The lowest BCUT2D eigenvalue weighted by molar-refractivity contribution is -0.167. The largest absolute Gasteiger partial charge is 0.478 e. The normalized spacial score (nSPS) is 31.1. The average Bonchev–Trinajstić information content (AvgIpc) is 2.80. The van der Waals surface area contributed by atoms with Crippen LogP contribution in [0.3, 0.4) is 0 Å². The molecule has 0 radical (unpaired) electrons. The summed E-state index contributed by atoms with van der Waals surface area (Å²) in [6.07, 6.45) is 1.11. The van der Waals surface area contributed by atoms with E-state index in [1.807, 2.05) is 6.92 Å². The number of rotatable bonds is 4. The van der Waals surface area contributed by atoms with Crippen LogP contribution in [0.15, 0.2) is 0 Å². The van der Waals surface area contributed by atoms with Gasteiger partial charge in [-0.05, 0) is 6.42 Å². The quantitative estimate of drug-likeness (QED) is 0.592. The van der Waals surface area contributed by atoms with Crippen molar-refractivity contribution in [3.63, 3.8) is 0 Å². The minimum atomic E-state index is -1.27. The third-order valence-corrected chi connectivity index (χ3v) is 2.37. The van der Waals surface area contributed by atoms with Gasteiger partial charge in [0.25, 0.3) is 0 Å². The van der Waals surface area contributed by atoms with Crippen molar-refractivity contribution in [1.82, 2.24) is 0 Å². The number of hydrogen-bond donors (Lipinski definition) is 2. The van der Waals surface area contributed by atoms with E-state index < -0.39 is 17.5 Å². The molecule has 1 saturated carbocycles. The van der Waals surface area contributed by atoms with Crippen LogP contribution in [0, 0.1) is 5.92 Å². The summed E-state index contributed by atoms with van der Waals surface area (Å²) in [6, 6.07) is 0. The molecule has 1 aliphatic rings. The first kappa shape index (κ1) is 9.98. The monoisotopic (exact) mass is 187 g/mol. The minimum Gasteiger partial charge on any atom is -0.478 e. The van der Waals surface area contributed by atoms with Gasteiger partial charge in [-0.1, -0.05) is 6.92 Å². The molecule has 13 heavy (non-hydrogen) atoms. The zero-order valence-corrected chi connectivity index (χ0v) is 7.45. The van der Waals surface area contributed by atoms with Gasteiger partial charge in [-0.15, -0.1) is 0 Å². The Balaban J connectivity index is 2.62. The van der Waals surface area contributed by atoms with Gasteiger partial charge in [0.1, 0.15) is 0 Å². The zero-order chi connectivity index (χ0) is 10.1. The molecule has 74 valence electrons. The van der Waals surface area contributed by atoms with Crippen LogP contribution >= 0.6 is 0 Å². The van der Waals surface area contributed by atoms with Gasteiger partial charge in [0.15, 0.2) is 0 Å². The van der Waals surface area contributed by atoms with Crippen molar-refractivity contribution in [3.05, 3.63) is 0 Å². The highest BCUT2D eigenvalue weighted by molar-refractivity contribution is 5.86. The fourth-order valence-electron chi connectivity index (χ4n) is 1.46. The first-order chi connectivity index (χ1) is 6.06. The van der Waals surface area contributed by atoms with E-state index in [4.69, 9.17) is 15.6 Å². The Hall–Kier alpha value is -1.10. The van der Waals surface area contributed by atoms with E-state index in [1.165, 1.54) is 0 Å². The van der Waals surface area contributed by atoms with Crippen LogP contribution in [-0.2, 0) is 14.3 Å². The Morgan fingerprint density at radius 3 is 2.62 bits per heavy atom. The number of ether oxygens (including phenoxy) is 1. The van der Waals surface area contributed by atoms with Gasteiger partial charge in [0.2, 0.25) is 5.60 Å². The lowest BCUT2D eigenvalue weighted by atomic mass is 10.2. The Kier molecular flexibility index (Phi) is 2.56. The van der Waals surface area contributed by atoms with Crippen molar-refractivity contribution in [2.24, 2.45) is 11.7 Å². The van der Waals surface area contributed by atoms with E-state index in [1.54, 1.807) is 0 Å². The van der Waals surface area contributed by atoms with Crippen LogP contribution in [0.1, 0.15) is 19.8 Å². The molecule has 0 unspecified atom stereocenters. The van der Waals surface area contributed by atoms with E-state index in [2.05, 4.69) is 0 Å². The lowest BCUT2D eigenvalue weighted by Crippen LogP contribution is -2.33. The van der Waals surface area contributed by atoms with Crippen LogP contribution in [-0.4, -0.2) is 29.2 Å². The molecule has 2 atom stereocenters. The highest BCUT2D eigenvalue weighted by atomic mass is 16.6. The number of carboxylic acids is 1. The summed E-state index contributed by atoms with van der Waals surface area (Å²) in [4.78, 5) is 21.6. The Bertz CT molecular complexity index is 240. The van der Waals surface area contributed by atoms with Gasteiger partial charge in [0.05, 0.1) is 6.54 Å². The summed E-state index contributed by atoms with van der Waals surface area (Å²) in [7, 11) is 0. The third-order valence-electron chi connectivity index (χ3n) is 2.37. The predicted octanol–water partition coefficient (Wildman–Crippen LogP) is -0.258. The molecule has 1 aliphatic carbocycles. The fourth-order valence-corrected chi connectivity index (χ4v) is 1.46. The standard InChI is InChI=1S/C8H13NO4/c1-2-5-3-8(5,7(11)12)13-6(10)4-9/h5H,2-4,9H2,1H3,(H,11,12)/t5-,8-/m0/s1. The summed E-state index contributed by atoms with van der Waals surface area (Å²) < 4.78 is 4.80. The van der Waals surface area contributed by atoms with E-state index >= 15 is 0 Å². The van der Waals surface area contributed by atoms with Crippen molar-refractivity contribution in [1.29, 1.82) is 0 Å². The first-order valence-corrected chi connectivity index (χ1v) is 4.22. The molecule has 3 N–H and O–H groups in total. The number of carbonyl (C=O) groups is 2. The van der Waals surface area contributed by atoms with Gasteiger partial charge >= 0.3 is 11.9 Å². The second-order valence-electron chi connectivity index (χ2n) is 3.18. The molecule has 0 spiro atoms. The summed E-state index contributed by atoms with van der Waals surface area (Å²) in [5.74, 6) is -1.78. The molecule has 0 aliphatic heterocycles. The van der Waals surface area contributed by atoms with Crippen molar-refractivity contribution >= 4 is 11.9 Å². The van der Waals surface area contributed by atoms with Crippen LogP contribution in [0.2, 0.25) is 0 Å². The maximum absolute atomic E-state index is 10.8. The molecule has 0 bridgehead atoms. The van der Waals surface area contributed by atoms with Gasteiger partial charge in [-0.25, -0.2) is 4.79 Å². The number of esters is 1. The van der Waals surface area contributed by atoms with Gasteiger partial charge in [-0.3, -0.25) is 4.79 Å². The highest BCUT2D eigenvalue weighted by Crippen LogP contribution is 2.49. The second kappa shape index (κ2) is 3.33. The molecule has 1 rings (SSSR count). The Morgan fingerprint density at radius 2 is 2.31 bits per heavy atom. The summed E-state index contributed by atoms with van der Waals surface area (Å²) in [6.45, 7) is 1.59. The second-order valence-corrected chi connectivity index (χ2v) is 3.18. The maximum Gasteiger partial charge on any atom is 0.348 e. The molecule has 1 fully saturated rings. The maximum atomic E-state index is 10.8. The first-order valence-electron chi connectivity index (χ1n) is 4.22. The van der Waals surface area contributed by atoms with E-state index in [0.29, 0.717) is 12.8 Å². The number of carbonyl (C=O) groups excluding carboxylic acids is 1. The third kappa shape index (κ3) is 1.65. The van der Waals surface area contributed by atoms with Crippen LogP contribution in [0.4, 0.5) is 0 Å². The molecule has 5 nitrogen and oxygen atoms in total. The molecule has 0 heterocycles. The van der Waals surface area contributed by atoms with Gasteiger partial charge in [0, 0.05) is 12.3 Å². The zero-order valence-electron chi connectivity index (χ0n) is 7.45. The van der Waals surface area contributed by atoms with Gasteiger partial charge in [-0.2, -0.15) is 0 Å². The van der Waals surface area contributed by atoms with Crippen molar-refractivity contribution in [2.45, 2.75) is 25.4 Å². The number of hydrogen-bond acceptors (Lipinski definition) is 4. The molecule has 0 saturated heterocycles. The highest BCUT2D eigenvalue weighted by Gasteiger charge is 2.63. The number of carboxylic acid groups (broad SMARTS) is 1.